The number of thioether (sulfide) groups is 1. The molecule has 1 N–H and O–H groups in total. The molecule has 0 radical (unpaired) electrons. The van der Waals surface area contributed by atoms with Crippen molar-refractivity contribution in [1.82, 2.24) is 14.7 Å². The van der Waals surface area contributed by atoms with Crippen molar-refractivity contribution in [1.29, 1.82) is 0 Å². The highest BCUT2D eigenvalue weighted by Gasteiger charge is 2.76. The number of rotatable bonds is 14. The Hall–Kier alpha value is -2.38. The molecule has 246 valence electrons. The van der Waals surface area contributed by atoms with Crippen molar-refractivity contribution in [3.8, 4) is 5.75 Å². The molecule has 7 atom stereocenters. The largest absolute Gasteiger partial charge is 0.494 e. The Labute approximate surface area is 278 Å². The van der Waals surface area contributed by atoms with Crippen LogP contribution in [-0.2, 0) is 19.1 Å². The topological polar surface area (TPSA) is 103 Å². The second-order valence-corrected chi connectivity index (χ2v) is 14.8. The van der Waals surface area contributed by atoms with Gasteiger partial charge in [-0.1, -0.05) is 28.1 Å². The predicted molar refractivity (Wildman–Crippen MR) is 180 cm³/mol. The number of amides is 3. The Morgan fingerprint density at radius 1 is 1.20 bits per heavy atom. The fourth-order valence-corrected chi connectivity index (χ4v) is 11.0. The Balaban J connectivity index is 1.48. The summed E-state index contributed by atoms with van der Waals surface area (Å²) in [4.78, 5) is 51.0. The van der Waals surface area contributed by atoms with Crippen molar-refractivity contribution in [3.63, 3.8) is 0 Å². The Morgan fingerprint density at radius 3 is 2.51 bits per heavy atom. The van der Waals surface area contributed by atoms with Gasteiger partial charge in [0.1, 0.15) is 11.8 Å². The summed E-state index contributed by atoms with van der Waals surface area (Å²) in [5.41, 5.74) is 0.690. The van der Waals surface area contributed by atoms with Gasteiger partial charge in [-0.3, -0.25) is 19.3 Å². The average molecular weight is 706 g/mol. The smallest absolute Gasteiger partial charge is 0.247 e. The number of alkyl halides is 1. The van der Waals surface area contributed by atoms with Gasteiger partial charge in [0, 0.05) is 55.0 Å². The summed E-state index contributed by atoms with van der Waals surface area (Å²) in [5.74, 6) is -1.20. The minimum absolute atomic E-state index is 0.0627. The third-order valence-electron chi connectivity index (χ3n) is 9.47. The third kappa shape index (κ3) is 6.33. The highest BCUT2D eigenvalue weighted by molar-refractivity contribution is 9.09. The maximum absolute atomic E-state index is 14.6. The van der Waals surface area contributed by atoms with Crippen LogP contribution >= 0.6 is 27.7 Å². The zero-order chi connectivity index (χ0) is 32.3. The van der Waals surface area contributed by atoms with Gasteiger partial charge in [-0.2, -0.15) is 0 Å². The fraction of sp³-hybridized carbons (Fsp3) is 0.606. The van der Waals surface area contributed by atoms with Crippen LogP contribution in [-0.4, -0.2) is 130 Å². The lowest BCUT2D eigenvalue weighted by Gasteiger charge is -2.40. The molecule has 3 amide bonds. The van der Waals surface area contributed by atoms with Crippen LogP contribution in [0.3, 0.4) is 0 Å². The number of carbonyl (C=O) groups is 3. The molecule has 5 rings (SSSR count). The molecule has 4 fully saturated rings. The maximum Gasteiger partial charge on any atom is 0.247 e. The Kier molecular flexibility index (Phi) is 11.0. The van der Waals surface area contributed by atoms with Gasteiger partial charge in [-0.15, -0.1) is 24.9 Å². The number of carbonyl (C=O) groups excluding carboxylic acids is 3. The van der Waals surface area contributed by atoms with Crippen LogP contribution in [0.2, 0.25) is 0 Å². The van der Waals surface area contributed by atoms with E-state index < -0.39 is 28.7 Å². The van der Waals surface area contributed by atoms with E-state index in [0.29, 0.717) is 57.3 Å². The number of aliphatic hydroxyl groups is 1. The van der Waals surface area contributed by atoms with Crippen molar-refractivity contribution in [2.75, 3.05) is 70.6 Å². The van der Waals surface area contributed by atoms with E-state index >= 15 is 0 Å². The van der Waals surface area contributed by atoms with Crippen molar-refractivity contribution >= 4 is 51.1 Å². The summed E-state index contributed by atoms with van der Waals surface area (Å²) >= 11 is 5.46. The number of morpholine rings is 1. The molecule has 4 saturated heterocycles. The van der Waals surface area contributed by atoms with Gasteiger partial charge in [0.15, 0.2) is 0 Å². The van der Waals surface area contributed by atoms with Crippen molar-refractivity contribution in [2.24, 2.45) is 11.8 Å². The van der Waals surface area contributed by atoms with Gasteiger partial charge < -0.3 is 29.3 Å². The lowest BCUT2D eigenvalue weighted by Crippen LogP contribution is -2.58. The SMILES string of the molecule is C=CCN(CCN1CCOCC1)C(=O)C1N([C@H](C)CO)C(=O)[C@@H]2[C@@H](C(=O)N(CC=C)c3ccc(OCC)cc3)[C@@H]3SC12CC3Br. The number of benzene rings is 1. The average Bonchev–Trinajstić information content (AvgIpc) is 3.65. The van der Waals surface area contributed by atoms with E-state index in [1.54, 1.807) is 45.5 Å². The summed E-state index contributed by atoms with van der Waals surface area (Å²) in [6.45, 7) is 16.5. The number of nitrogens with zero attached hydrogens (tertiary/aromatic N) is 4. The van der Waals surface area contributed by atoms with E-state index in [1.807, 2.05) is 31.2 Å². The minimum atomic E-state index is -0.812. The zero-order valence-corrected chi connectivity index (χ0v) is 28.6. The number of hydrogen-bond acceptors (Lipinski definition) is 8. The Bertz CT molecular complexity index is 1260. The highest BCUT2D eigenvalue weighted by atomic mass is 79.9. The molecule has 0 saturated carbocycles. The first-order valence-corrected chi connectivity index (χ1v) is 17.6. The third-order valence-corrected chi connectivity index (χ3v) is 12.7. The normalized spacial score (nSPS) is 29.7. The Morgan fingerprint density at radius 2 is 1.89 bits per heavy atom. The maximum atomic E-state index is 14.6. The van der Waals surface area contributed by atoms with Crippen LogP contribution in [0.4, 0.5) is 5.69 Å². The molecule has 4 aliphatic heterocycles. The first kappa shape index (κ1) is 34.0. The summed E-state index contributed by atoms with van der Waals surface area (Å²) in [5, 5.41) is 10.1. The number of aliphatic hydroxyl groups excluding tert-OH is 1. The molecule has 4 heterocycles. The summed E-state index contributed by atoms with van der Waals surface area (Å²) in [6, 6.07) is 5.95. The molecule has 12 heteroatoms. The van der Waals surface area contributed by atoms with E-state index in [1.165, 1.54) is 0 Å². The minimum Gasteiger partial charge on any atom is -0.494 e. The summed E-state index contributed by atoms with van der Waals surface area (Å²) in [7, 11) is 0. The van der Waals surface area contributed by atoms with Gasteiger partial charge in [0.2, 0.25) is 17.7 Å². The van der Waals surface area contributed by atoms with Gasteiger partial charge in [-0.05, 0) is 44.5 Å². The van der Waals surface area contributed by atoms with Crippen LogP contribution in [0.5, 0.6) is 5.75 Å². The highest BCUT2D eigenvalue weighted by Crippen LogP contribution is 2.68. The second kappa shape index (κ2) is 14.6. The molecule has 0 aromatic heterocycles. The van der Waals surface area contributed by atoms with E-state index in [9.17, 15) is 19.5 Å². The van der Waals surface area contributed by atoms with Crippen LogP contribution in [0.25, 0.3) is 0 Å². The molecule has 1 aromatic rings. The van der Waals surface area contributed by atoms with Gasteiger partial charge >= 0.3 is 0 Å². The van der Waals surface area contributed by atoms with Crippen LogP contribution in [0.1, 0.15) is 20.3 Å². The summed E-state index contributed by atoms with van der Waals surface area (Å²) in [6.07, 6.45) is 3.97. The van der Waals surface area contributed by atoms with E-state index in [4.69, 9.17) is 9.47 Å². The molecule has 1 spiro atoms. The first-order valence-electron chi connectivity index (χ1n) is 15.8. The van der Waals surface area contributed by atoms with E-state index in [-0.39, 0.29) is 41.0 Å². The van der Waals surface area contributed by atoms with Crippen molar-refractivity contribution < 1.29 is 29.0 Å². The fourth-order valence-electron chi connectivity index (χ4n) is 7.42. The van der Waals surface area contributed by atoms with Gasteiger partial charge in [0.05, 0.1) is 49.1 Å². The molecule has 1 aromatic carbocycles. The molecular weight excluding hydrogens is 660 g/mol. The van der Waals surface area contributed by atoms with E-state index in [0.717, 1.165) is 13.1 Å². The van der Waals surface area contributed by atoms with Gasteiger partial charge in [-0.25, -0.2) is 0 Å². The number of ether oxygens (including phenoxy) is 2. The standard InChI is InChI=1S/C33H45BrN4O6S/c1-5-12-36(15-14-35-16-18-43-19-17-35)32(42)29-33-20-25(34)28(45-33)26(27(33)31(41)38(29)22(4)21-39)30(40)37(13-6-2)23-8-10-24(11-9-23)44-7-3/h5-6,8-11,22,25-29,39H,1-2,7,12-21H2,3-4H3/t22-,25?,26-,27+,28-,29?,33?/m1/s1. The lowest BCUT2D eigenvalue weighted by atomic mass is 9.70. The lowest BCUT2D eigenvalue weighted by molar-refractivity contribution is -0.145. The van der Waals surface area contributed by atoms with E-state index in [2.05, 4.69) is 34.0 Å². The molecule has 3 unspecified atom stereocenters. The van der Waals surface area contributed by atoms with Gasteiger partial charge in [0.25, 0.3) is 0 Å². The molecule has 45 heavy (non-hydrogen) atoms. The zero-order valence-electron chi connectivity index (χ0n) is 26.2. The number of hydrogen-bond donors (Lipinski definition) is 1. The monoisotopic (exact) mass is 704 g/mol. The number of likely N-dealkylation sites (tertiary alicyclic amines) is 1. The molecular formula is C33H45BrN4O6S. The molecule has 0 aliphatic carbocycles. The molecule has 2 bridgehead atoms. The van der Waals surface area contributed by atoms with Crippen molar-refractivity contribution in [3.05, 3.63) is 49.6 Å². The number of anilines is 1. The van der Waals surface area contributed by atoms with Crippen LogP contribution in [0, 0.1) is 11.8 Å². The second-order valence-electron chi connectivity index (χ2n) is 12.1. The summed E-state index contributed by atoms with van der Waals surface area (Å²) < 4.78 is 10.3. The van der Waals surface area contributed by atoms with Crippen LogP contribution < -0.4 is 9.64 Å². The van der Waals surface area contributed by atoms with Crippen molar-refractivity contribution in [2.45, 2.75) is 47.2 Å². The number of fused-ring (bicyclic) bond motifs is 1. The molecule has 10 nitrogen and oxygen atoms in total. The quantitative estimate of drug-likeness (QED) is 0.233. The molecule has 4 aliphatic rings. The first-order chi connectivity index (χ1) is 21.7. The predicted octanol–water partition coefficient (Wildman–Crippen LogP) is 2.80. The number of halogens is 1. The van der Waals surface area contributed by atoms with Crippen LogP contribution in [0.15, 0.2) is 49.6 Å².